The van der Waals surface area contributed by atoms with Gasteiger partial charge >= 0.3 is 0 Å². The number of nitro benzene ring substituents is 1. The molecule has 2 aromatic heterocycles. The lowest BCUT2D eigenvalue weighted by atomic mass is 10.2. The Hall–Kier alpha value is -3.20. The molecule has 0 aliphatic carbocycles. The van der Waals surface area contributed by atoms with Crippen molar-refractivity contribution in [3.63, 3.8) is 0 Å². The predicted molar refractivity (Wildman–Crippen MR) is 84.2 cm³/mol. The highest BCUT2D eigenvalue weighted by Gasteiger charge is 2.14. The second-order valence-electron chi connectivity index (χ2n) is 4.41. The summed E-state index contributed by atoms with van der Waals surface area (Å²) in [5.74, 6) is -0.480. The molecule has 114 valence electrons. The summed E-state index contributed by atoms with van der Waals surface area (Å²) < 4.78 is 0. The van der Waals surface area contributed by atoms with Crippen LogP contribution in [0.2, 0.25) is 0 Å². The topological polar surface area (TPSA) is 111 Å². The number of nitrogens with zero attached hydrogens (tertiary/aromatic N) is 4. The van der Waals surface area contributed by atoms with E-state index >= 15 is 0 Å². The number of rotatable bonds is 4. The molecule has 1 aromatic carbocycles. The van der Waals surface area contributed by atoms with Crippen LogP contribution in [0.5, 0.6) is 0 Å². The van der Waals surface area contributed by atoms with Crippen molar-refractivity contribution in [3.8, 4) is 10.6 Å². The van der Waals surface area contributed by atoms with Gasteiger partial charge in [0, 0.05) is 35.7 Å². The lowest BCUT2D eigenvalue weighted by Crippen LogP contribution is -2.11. The Morgan fingerprint density at radius 2 is 1.96 bits per heavy atom. The number of hydrogen-bond acceptors (Lipinski definition) is 7. The van der Waals surface area contributed by atoms with Crippen molar-refractivity contribution in [2.75, 3.05) is 5.32 Å². The van der Waals surface area contributed by atoms with Crippen LogP contribution in [0.1, 0.15) is 10.4 Å². The number of carbonyl (C=O) groups excluding carboxylic acids is 1. The maximum atomic E-state index is 12.1. The van der Waals surface area contributed by atoms with Crippen LogP contribution in [0.15, 0.2) is 48.8 Å². The van der Waals surface area contributed by atoms with E-state index in [2.05, 4.69) is 20.5 Å². The highest BCUT2D eigenvalue weighted by atomic mass is 32.1. The molecule has 9 heteroatoms. The van der Waals surface area contributed by atoms with E-state index in [9.17, 15) is 14.9 Å². The molecule has 0 saturated carbocycles. The number of hydrogen-bond donors (Lipinski definition) is 1. The molecule has 0 aliphatic rings. The summed E-state index contributed by atoms with van der Waals surface area (Å²) in [7, 11) is 0. The lowest BCUT2D eigenvalue weighted by molar-refractivity contribution is -0.384. The molecule has 0 unspecified atom stereocenters. The van der Waals surface area contributed by atoms with Gasteiger partial charge in [-0.05, 0) is 18.2 Å². The molecule has 0 aliphatic heterocycles. The van der Waals surface area contributed by atoms with Crippen LogP contribution >= 0.6 is 11.3 Å². The number of nitro groups is 1. The normalized spacial score (nSPS) is 10.3. The molecule has 1 amide bonds. The second-order valence-corrected chi connectivity index (χ2v) is 5.39. The number of aromatic nitrogens is 3. The van der Waals surface area contributed by atoms with Gasteiger partial charge in [-0.3, -0.25) is 25.2 Å². The Balaban J connectivity index is 1.77. The molecule has 3 aromatic rings. The van der Waals surface area contributed by atoms with Crippen molar-refractivity contribution in [2.45, 2.75) is 0 Å². The van der Waals surface area contributed by atoms with E-state index in [0.29, 0.717) is 10.1 Å². The Morgan fingerprint density at radius 3 is 2.70 bits per heavy atom. The fraction of sp³-hybridized carbons (Fsp3) is 0. The van der Waals surface area contributed by atoms with E-state index in [4.69, 9.17) is 0 Å². The molecule has 8 nitrogen and oxygen atoms in total. The van der Waals surface area contributed by atoms with Crippen molar-refractivity contribution in [1.29, 1.82) is 0 Å². The lowest BCUT2D eigenvalue weighted by Gasteiger charge is -2.00. The van der Waals surface area contributed by atoms with Crippen molar-refractivity contribution < 1.29 is 9.72 Å². The third-order valence-electron chi connectivity index (χ3n) is 2.89. The van der Waals surface area contributed by atoms with Crippen molar-refractivity contribution in [1.82, 2.24) is 15.2 Å². The van der Waals surface area contributed by atoms with Gasteiger partial charge in [-0.1, -0.05) is 17.4 Å². The quantitative estimate of drug-likeness (QED) is 0.582. The van der Waals surface area contributed by atoms with Gasteiger partial charge in [0.15, 0.2) is 0 Å². The van der Waals surface area contributed by atoms with Gasteiger partial charge in [0.25, 0.3) is 11.6 Å². The van der Waals surface area contributed by atoms with E-state index in [1.165, 1.54) is 35.6 Å². The Morgan fingerprint density at radius 1 is 1.17 bits per heavy atom. The van der Waals surface area contributed by atoms with Crippen molar-refractivity contribution >= 4 is 28.1 Å². The van der Waals surface area contributed by atoms with Gasteiger partial charge in [0.2, 0.25) is 5.13 Å². The third-order valence-corrected chi connectivity index (χ3v) is 3.78. The highest BCUT2D eigenvalue weighted by molar-refractivity contribution is 7.18. The molecule has 0 fully saturated rings. The third kappa shape index (κ3) is 3.35. The minimum absolute atomic E-state index is 0.146. The van der Waals surface area contributed by atoms with Crippen LogP contribution in [-0.4, -0.2) is 26.0 Å². The van der Waals surface area contributed by atoms with E-state index in [1.807, 2.05) is 0 Å². The molecule has 0 bridgehead atoms. The van der Waals surface area contributed by atoms with Crippen LogP contribution in [0.3, 0.4) is 0 Å². The Bertz CT molecular complexity index is 866. The zero-order chi connectivity index (χ0) is 16.2. The fourth-order valence-electron chi connectivity index (χ4n) is 1.81. The average molecular weight is 327 g/mol. The minimum Gasteiger partial charge on any atom is -0.296 e. The molecular formula is C14H9N5O3S. The molecule has 23 heavy (non-hydrogen) atoms. The average Bonchev–Trinajstić information content (AvgIpc) is 3.04. The first-order valence-corrected chi connectivity index (χ1v) is 7.25. The fourth-order valence-corrected chi connectivity index (χ4v) is 2.56. The maximum Gasteiger partial charge on any atom is 0.270 e. The van der Waals surface area contributed by atoms with Gasteiger partial charge in [-0.25, -0.2) is 0 Å². The van der Waals surface area contributed by atoms with Crippen LogP contribution in [-0.2, 0) is 0 Å². The van der Waals surface area contributed by atoms with E-state index in [-0.39, 0.29) is 11.3 Å². The van der Waals surface area contributed by atoms with E-state index in [0.717, 1.165) is 5.56 Å². The molecule has 0 spiro atoms. The van der Waals surface area contributed by atoms with Gasteiger partial charge < -0.3 is 0 Å². The minimum atomic E-state index is -0.552. The largest absolute Gasteiger partial charge is 0.296 e. The standard InChI is InChI=1S/C14H9N5O3S/c20-12(10-2-1-3-11(8-10)19(21)22)16-14-18-17-13(23-14)9-4-6-15-7-5-9/h1-8H,(H,16,18,20). The number of amides is 1. The summed E-state index contributed by atoms with van der Waals surface area (Å²) >= 11 is 1.20. The zero-order valence-corrected chi connectivity index (χ0v) is 12.4. The Labute approximate surface area is 134 Å². The summed E-state index contributed by atoms with van der Waals surface area (Å²) in [6, 6.07) is 9.05. The van der Waals surface area contributed by atoms with Gasteiger partial charge in [0.1, 0.15) is 5.01 Å². The number of carbonyl (C=O) groups is 1. The SMILES string of the molecule is O=C(Nc1nnc(-c2ccncc2)s1)c1cccc([N+](=O)[O-])c1. The number of benzene rings is 1. The summed E-state index contributed by atoms with van der Waals surface area (Å²) in [5.41, 5.74) is 0.876. The van der Waals surface area contributed by atoms with Crippen molar-refractivity contribution in [2.24, 2.45) is 0 Å². The van der Waals surface area contributed by atoms with E-state index < -0.39 is 10.8 Å². The first-order chi connectivity index (χ1) is 11.1. The summed E-state index contributed by atoms with van der Waals surface area (Å²) in [4.78, 5) is 26.2. The van der Waals surface area contributed by atoms with Crippen LogP contribution in [0, 0.1) is 10.1 Å². The predicted octanol–water partition coefficient (Wildman–Crippen LogP) is 2.76. The van der Waals surface area contributed by atoms with Crippen LogP contribution in [0.4, 0.5) is 10.8 Å². The first kappa shape index (κ1) is 14.7. The smallest absolute Gasteiger partial charge is 0.270 e. The van der Waals surface area contributed by atoms with Gasteiger partial charge in [0.05, 0.1) is 4.92 Å². The van der Waals surface area contributed by atoms with E-state index in [1.54, 1.807) is 24.5 Å². The van der Waals surface area contributed by atoms with Crippen LogP contribution < -0.4 is 5.32 Å². The molecular weight excluding hydrogens is 318 g/mol. The van der Waals surface area contributed by atoms with Gasteiger partial charge in [-0.15, -0.1) is 10.2 Å². The monoisotopic (exact) mass is 327 g/mol. The molecule has 1 N–H and O–H groups in total. The van der Waals surface area contributed by atoms with Crippen LogP contribution in [0.25, 0.3) is 10.6 Å². The number of pyridine rings is 1. The molecule has 0 saturated heterocycles. The maximum absolute atomic E-state index is 12.1. The Kier molecular flexibility index (Phi) is 4.02. The summed E-state index contributed by atoms with van der Waals surface area (Å²) in [6.07, 6.45) is 3.27. The first-order valence-electron chi connectivity index (χ1n) is 6.43. The number of non-ortho nitro benzene ring substituents is 1. The van der Waals surface area contributed by atoms with Gasteiger partial charge in [-0.2, -0.15) is 0 Å². The molecule has 3 rings (SSSR count). The summed E-state index contributed by atoms with van der Waals surface area (Å²) in [6.45, 7) is 0. The molecule has 0 atom stereocenters. The second kappa shape index (κ2) is 6.28. The molecule has 0 radical (unpaired) electrons. The highest BCUT2D eigenvalue weighted by Crippen LogP contribution is 2.26. The number of anilines is 1. The summed E-state index contributed by atoms with van der Waals surface area (Å²) in [5, 5.41) is 22.2. The van der Waals surface area contributed by atoms with Crippen molar-refractivity contribution in [3.05, 3.63) is 64.5 Å². The molecule has 2 heterocycles. The number of nitrogens with one attached hydrogen (secondary N) is 1. The zero-order valence-electron chi connectivity index (χ0n) is 11.5.